The summed E-state index contributed by atoms with van der Waals surface area (Å²) >= 11 is 1.75. The maximum absolute atomic E-state index is 12.9. The van der Waals surface area contributed by atoms with Crippen molar-refractivity contribution in [2.75, 3.05) is 11.4 Å². The Morgan fingerprint density at radius 2 is 1.94 bits per heavy atom. The lowest BCUT2D eigenvalue weighted by Crippen LogP contribution is -2.21. The van der Waals surface area contributed by atoms with E-state index in [2.05, 4.69) is 23.7 Å². The number of hydrogen-bond acceptors (Lipinski definition) is 3. The molecule has 0 saturated heterocycles. The van der Waals surface area contributed by atoms with E-state index in [1.165, 1.54) is 22.0 Å². The van der Waals surface area contributed by atoms with Crippen LogP contribution in [0, 0.1) is 5.82 Å². The summed E-state index contributed by atoms with van der Waals surface area (Å²) in [6, 6.07) is 6.64. The van der Waals surface area contributed by atoms with E-state index in [0.717, 1.165) is 25.2 Å². The van der Waals surface area contributed by atoms with Crippen molar-refractivity contribution in [1.82, 2.24) is 4.98 Å². The number of hydrogen-bond donors (Lipinski definition) is 0. The zero-order chi connectivity index (χ0) is 13.0. The van der Waals surface area contributed by atoms with Crippen LogP contribution in [0.3, 0.4) is 0 Å². The highest BCUT2D eigenvalue weighted by Crippen LogP contribution is 2.21. The molecule has 1 heterocycles. The van der Waals surface area contributed by atoms with Crippen molar-refractivity contribution < 1.29 is 4.39 Å². The van der Waals surface area contributed by atoms with Crippen molar-refractivity contribution in [3.05, 3.63) is 46.2 Å². The lowest BCUT2D eigenvalue weighted by Gasteiger charge is -2.22. The first-order valence-corrected chi connectivity index (χ1v) is 6.98. The zero-order valence-electron chi connectivity index (χ0n) is 10.7. The van der Waals surface area contributed by atoms with E-state index < -0.39 is 0 Å². The van der Waals surface area contributed by atoms with Gasteiger partial charge in [0.05, 0.1) is 11.6 Å². The summed E-state index contributed by atoms with van der Waals surface area (Å²) < 4.78 is 12.9. The Kier molecular flexibility index (Phi) is 4.31. The van der Waals surface area contributed by atoms with Gasteiger partial charge in [0.2, 0.25) is 0 Å². The van der Waals surface area contributed by atoms with Gasteiger partial charge in [-0.15, -0.1) is 11.3 Å². The van der Waals surface area contributed by atoms with Gasteiger partial charge in [-0.1, -0.05) is 6.92 Å². The molecular formula is C14H17FN2S. The maximum atomic E-state index is 12.9. The Morgan fingerprint density at radius 3 is 2.50 bits per heavy atom. The fourth-order valence-corrected chi connectivity index (χ4v) is 2.69. The van der Waals surface area contributed by atoms with Gasteiger partial charge in [-0.3, -0.25) is 0 Å². The molecule has 0 aliphatic carbocycles. The Bertz CT molecular complexity index is 493. The molecule has 2 nitrogen and oxygen atoms in total. The first kappa shape index (κ1) is 13.0. The summed E-state index contributed by atoms with van der Waals surface area (Å²) in [4.78, 5) is 7.82. The molecule has 96 valence electrons. The summed E-state index contributed by atoms with van der Waals surface area (Å²) in [5.41, 5.74) is 1.05. The minimum absolute atomic E-state index is 0.194. The number of aromatic nitrogens is 1. The number of anilines is 1. The second-order valence-electron chi connectivity index (χ2n) is 4.06. The van der Waals surface area contributed by atoms with Crippen LogP contribution < -0.4 is 4.90 Å². The van der Waals surface area contributed by atoms with Gasteiger partial charge >= 0.3 is 0 Å². The third kappa shape index (κ3) is 3.07. The van der Waals surface area contributed by atoms with Crippen LogP contribution >= 0.6 is 11.3 Å². The van der Waals surface area contributed by atoms with E-state index in [1.807, 2.05) is 18.3 Å². The van der Waals surface area contributed by atoms with Gasteiger partial charge in [-0.25, -0.2) is 9.37 Å². The summed E-state index contributed by atoms with van der Waals surface area (Å²) in [5, 5.41) is 1.17. The number of aryl methyl sites for hydroxylation is 1. The van der Waals surface area contributed by atoms with Gasteiger partial charge < -0.3 is 4.90 Å². The van der Waals surface area contributed by atoms with Crippen LogP contribution in [-0.2, 0) is 13.0 Å². The fraction of sp³-hybridized carbons (Fsp3) is 0.357. The second-order valence-corrected chi connectivity index (χ2v) is 5.26. The van der Waals surface area contributed by atoms with Crippen LogP contribution in [0.2, 0.25) is 0 Å². The van der Waals surface area contributed by atoms with E-state index in [1.54, 1.807) is 11.3 Å². The molecule has 0 amide bonds. The molecule has 18 heavy (non-hydrogen) atoms. The molecule has 0 bridgehead atoms. The van der Waals surface area contributed by atoms with Gasteiger partial charge in [0.1, 0.15) is 5.82 Å². The Hall–Kier alpha value is -1.42. The quantitative estimate of drug-likeness (QED) is 0.815. The molecule has 2 aromatic rings. The van der Waals surface area contributed by atoms with Gasteiger partial charge in [-0.2, -0.15) is 0 Å². The molecule has 0 spiro atoms. The monoisotopic (exact) mass is 264 g/mol. The third-order valence-corrected chi connectivity index (χ3v) is 3.95. The Morgan fingerprint density at radius 1 is 1.22 bits per heavy atom. The molecule has 0 aliphatic rings. The van der Waals surface area contributed by atoms with E-state index in [4.69, 9.17) is 0 Å². The fourth-order valence-electron chi connectivity index (χ4n) is 1.81. The molecule has 1 aromatic carbocycles. The van der Waals surface area contributed by atoms with Crippen molar-refractivity contribution in [1.29, 1.82) is 0 Å². The number of thiazole rings is 1. The van der Waals surface area contributed by atoms with Crippen molar-refractivity contribution in [2.24, 2.45) is 0 Å². The van der Waals surface area contributed by atoms with Crippen LogP contribution in [0.4, 0.5) is 10.1 Å². The van der Waals surface area contributed by atoms with E-state index >= 15 is 0 Å². The molecule has 0 saturated carbocycles. The van der Waals surface area contributed by atoms with E-state index in [-0.39, 0.29) is 5.82 Å². The van der Waals surface area contributed by atoms with Crippen LogP contribution in [0.1, 0.15) is 23.7 Å². The second kappa shape index (κ2) is 5.96. The SMILES string of the molecule is CCc1ncc(CN(CC)c2ccc(F)cc2)s1. The molecule has 1 aromatic heterocycles. The molecule has 0 N–H and O–H groups in total. The van der Waals surface area contributed by atoms with Crippen molar-refractivity contribution in [2.45, 2.75) is 26.8 Å². The van der Waals surface area contributed by atoms with Crippen LogP contribution in [0.15, 0.2) is 30.5 Å². The van der Waals surface area contributed by atoms with Gasteiger partial charge in [-0.05, 0) is 37.6 Å². The highest BCUT2D eigenvalue weighted by Gasteiger charge is 2.08. The standard InChI is InChI=1S/C14H17FN2S/c1-3-14-16-9-13(18-14)10-17(4-2)12-7-5-11(15)6-8-12/h5-9H,3-4,10H2,1-2H3. The highest BCUT2D eigenvalue weighted by atomic mass is 32.1. The molecule has 0 unspecified atom stereocenters. The first-order valence-electron chi connectivity index (χ1n) is 6.17. The van der Waals surface area contributed by atoms with Crippen molar-refractivity contribution in [3.63, 3.8) is 0 Å². The highest BCUT2D eigenvalue weighted by molar-refractivity contribution is 7.11. The number of halogens is 1. The van der Waals surface area contributed by atoms with Crippen LogP contribution in [0.5, 0.6) is 0 Å². The molecule has 0 radical (unpaired) electrons. The van der Waals surface area contributed by atoms with Gasteiger partial charge in [0.25, 0.3) is 0 Å². The molecule has 4 heteroatoms. The minimum Gasteiger partial charge on any atom is -0.367 e. The summed E-state index contributed by atoms with van der Waals surface area (Å²) in [6.07, 6.45) is 2.92. The molecule has 0 aliphatic heterocycles. The average molecular weight is 264 g/mol. The first-order chi connectivity index (χ1) is 8.72. The van der Waals surface area contributed by atoms with Crippen molar-refractivity contribution >= 4 is 17.0 Å². The molecule has 0 atom stereocenters. The third-order valence-electron chi connectivity index (χ3n) is 2.82. The largest absolute Gasteiger partial charge is 0.367 e. The lowest BCUT2D eigenvalue weighted by molar-refractivity contribution is 0.627. The number of benzene rings is 1. The minimum atomic E-state index is -0.194. The van der Waals surface area contributed by atoms with E-state index in [0.29, 0.717) is 0 Å². The maximum Gasteiger partial charge on any atom is 0.123 e. The Balaban J connectivity index is 2.11. The summed E-state index contributed by atoms with van der Waals surface area (Å²) in [7, 11) is 0. The molecule has 2 rings (SSSR count). The summed E-state index contributed by atoms with van der Waals surface area (Å²) in [6.45, 7) is 5.94. The Labute approximate surface area is 111 Å². The number of nitrogens with zero attached hydrogens (tertiary/aromatic N) is 2. The predicted molar refractivity (Wildman–Crippen MR) is 74.6 cm³/mol. The molecule has 0 fully saturated rings. The van der Waals surface area contributed by atoms with Crippen LogP contribution in [-0.4, -0.2) is 11.5 Å². The topological polar surface area (TPSA) is 16.1 Å². The average Bonchev–Trinajstić information content (AvgIpc) is 2.85. The van der Waals surface area contributed by atoms with Gasteiger partial charge in [0.15, 0.2) is 0 Å². The summed E-state index contributed by atoms with van der Waals surface area (Å²) in [5.74, 6) is -0.194. The smallest absolute Gasteiger partial charge is 0.123 e. The van der Waals surface area contributed by atoms with E-state index in [9.17, 15) is 4.39 Å². The molecular weight excluding hydrogens is 247 g/mol. The van der Waals surface area contributed by atoms with Crippen molar-refractivity contribution in [3.8, 4) is 0 Å². The predicted octanol–water partition coefficient (Wildman–Crippen LogP) is 3.87. The lowest BCUT2D eigenvalue weighted by atomic mass is 10.2. The zero-order valence-corrected chi connectivity index (χ0v) is 11.5. The van der Waals surface area contributed by atoms with Gasteiger partial charge in [0, 0.05) is 23.3 Å². The normalized spacial score (nSPS) is 10.6. The van der Waals surface area contributed by atoms with Crippen LogP contribution in [0.25, 0.3) is 0 Å². The number of rotatable bonds is 5.